The molecule has 0 atom stereocenters. The Hall–Kier alpha value is -3.05. The quantitative estimate of drug-likeness (QED) is 0.158. The van der Waals surface area contributed by atoms with E-state index < -0.39 is 0 Å². The highest BCUT2D eigenvalue weighted by Crippen LogP contribution is 2.52. The highest BCUT2D eigenvalue weighted by molar-refractivity contribution is 7.80. The Bertz CT molecular complexity index is 1730. The van der Waals surface area contributed by atoms with Crippen LogP contribution in [0.4, 0.5) is 11.4 Å². The first-order chi connectivity index (χ1) is 18.3. The Balaban J connectivity index is 1.69. The number of hydrogen-bond acceptors (Lipinski definition) is 5. The highest BCUT2D eigenvalue weighted by Gasteiger charge is 2.43. The van der Waals surface area contributed by atoms with Crippen molar-refractivity contribution >= 4 is 52.0 Å². The Morgan fingerprint density at radius 2 is 1.67 bits per heavy atom. The highest BCUT2D eigenvalue weighted by atomic mass is 32.1. The summed E-state index contributed by atoms with van der Waals surface area (Å²) in [6.45, 7) is 17.9. The lowest BCUT2D eigenvalue weighted by molar-refractivity contribution is 0.398. The number of fused-ring (bicyclic) bond motifs is 3. The van der Waals surface area contributed by atoms with Crippen LogP contribution in [0.5, 0.6) is 0 Å². The third kappa shape index (κ3) is 4.12. The summed E-state index contributed by atoms with van der Waals surface area (Å²) in [6, 6.07) is 14.4. The monoisotopic (exact) mass is 538 g/mol. The van der Waals surface area contributed by atoms with Crippen LogP contribution in [-0.2, 0) is 16.2 Å². The summed E-state index contributed by atoms with van der Waals surface area (Å²) >= 11 is 4.70. The number of benzene rings is 3. The normalized spacial score (nSPS) is 18.2. The van der Waals surface area contributed by atoms with Crippen LogP contribution >= 0.6 is 12.6 Å². The lowest BCUT2D eigenvalue weighted by Crippen LogP contribution is -2.45. The zero-order valence-corrected chi connectivity index (χ0v) is 25.0. The first-order valence-electron chi connectivity index (χ1n) is 14.0. The summed E-state index contributed by atoms with van der Waals surface area (Å²) < 4.78 is 6.32. The van der Waals surface area contributed by atoms with Crippen molar-refractivity contribution in [2.75, 3.05) is 18.0 Å². The molecule has 202 valence electrons. The molecule has 0 saturated heterocycles. The molecule has 6 rings (SSSR count). The lowest BCUT2D eigenvalue weighted by atomic mass is 9.68. The topological polar surface area (TPSA) is 45.8 Å². The van der Waals surface area contributed by atoms with E-state index >= 15 is 0 Å². The predicted molar refractivity (Wildman–Crippen MR) is 167 cm³/mol. The van der Waals surface area contributed by atoms with Gasteiger partial charge in [0.25, 0.3) is 0 Å². The van der Waals surface area contributed by atoms with Gasteiger partial charge in [-0.15, -0.1) is 12.6 Å². The molecular weight excluding hydrogens is 500 g/mol. The Kier molecular flexibility index (Phi) is 5.86. The molecule has 0 spiro atoms. The third-order valence-corrected chi connectivity index (χ3v) is 9.25. The van der Waals surface area contributed by atoms with Crippen molar-refractivity contribution in [3.05, 3.63) is 75.1 Å². The van der Waals surface area contributed by atoms with Crippen molar-refractivity contribution in [2.45, 2.75) is 82.4 Å². The van der Waals surface area contributed by atoms with Crippen molar-refractivity contribution < 1.29 is 4.42 Å². The van der Waals surface area contributed by atoms with Gasteiger partial charge < -0.3 is 9.32 Å². The second kappa shape index (κ2) is 8.72. The molecule has 3 aromatic carbocycles. The fraction of sp³-hybridized carbons (Fsp3) is 0.412. The molecule has 4 nitrogen and oxygen atoms in total. The molecule has 0 amide bonds. The van der Waals surface area contributed by atoms with E-state index in [-0.39, 0.29) is 21.9 Å². The van der Waals surface area contributed by atoms with Gasteiger partial charge in [0.15, 0.2) is 0 Å². The number of hydrogen-bond donors (Lipinski definition) is 1. The molecular formula is C34H38N2O2S. The van der Waals surface area contributed by atoms with Crippen LogP contribution in [0.1, 0.15) is 83.6 Å². The summed E-state index contributed by atoms with van der Waals surface area (Å²) in [4.78, 5) is 22.0. The fourth-order valence-corrected chi connectivity index (χ4v) is 6.92. The number of rotatable bonds is 2. The van der Waals surface area contributed by atoms with Crippen molar-refractivity contribution in [3.63, 3.8) is 0 Å². The van der Waals surface area contributed by atoms with E-state index in [0.717, 1.165) is 63.8 Å². The second-order valence-electron chi connectivity index (χ2n) is 13.6. The van der Waals surface area contributed by atoms with Gasteiger partial charge in [0, 0.05) is 46.2 Å². The smallest absolute Gasteiger partial charge is 0.345 e. The number of anilines is 1. The van der Waals surface area contributed by atoms with Crippen LogP contribution in [0.15, 0.2) is 61.6 Å². The Labute approximate surface area is 236 Å². The van der Waals surface area contributed by atoms with E-state index in [1.807, 2.05) is 30.3 Å². The molecule has 0 fully saturated rings. The third-order valence-electron chi connectivity index (χ3n) is 8.89. The lowest BCUT2D eigenvalue weighted by Gasteiger charge is -2.48. The summed E-state index contributed by atoms with van der Waals surface area (Å²) in [6.07, 6.45) is 3.84. The van der Waals surface area contributed by atoms with E-state index in [9.17, 15) is 4.79 Å². The molecule has 0 aliphatic carbocycles. The van der Waals surface area contributed by atoms with Crippen molar-refractivity contribution in [2.24, 2.45) is 4.99 Å². The molecule has 0 unspecified atom stereocenters. The van der Waals surface area contributed by atoms with Gasteiger partial charge in [-0.25, -0.2) is 4.79 Å². The molecule has 0 saturated carbocycles. The van der Waals surface area contributed by atoms with Crippen LogP contribution in [0.3, 0.4) is 0 Å². The zero-order valence-electron chi connectivity index (χ0n) is 24.1. The molecule has 0 bridgehead atoms. The van der Waals surface area contributed by atoms with Crippen LogP contribution in [-0.4, -0.2) is 19.3 Å². The standard InChI is InChI=1S/C34H38N2O2S/c1-32(2,3)26-22-18-24-29-27(34(6,7)15-17-36(29)16-14-33(24,4)5)30(22)38-31(37)23(26)19-35-28-21-11-9-8-10-20(21)12-13-25(28)39/h8-13,18-19,39H,14-17H2,1-7H3. The van der Waals surface area contributed by atoms with Gasteiger partial charge in [0.05, 0.1) is 11.3 Å². The largest absolute Gasteiger partial charge is 0.422 e. The van der Waals surface area contributed by atoms with Crippen molar-refractivity contribution in [3.8, 4) is 0 Å². The SMILES string of the molecule is CC(C)(C)c1c(C=Nc2c(S)ccc3ccccc23)c(=O)oc2c3c4c(cc12)C(C)(C)CCN4CCC3(C)C. The maximum absolute atomic E-state index is 13.9. The second-order valence-corrected chi connectivity index (χ2v) is 14.1. The van der Waals surface area contributed by atoms with Gasteiger partial charge >= 0.3 is 5.63 Å². The van der Waals surface area contributed by atoms with E-state index in [2.05, 4.69) is 65.5 Å². The van der Waals surface area contributed by atoms with E-state index in [0.29, 0.717) is 5.56 Å². The number of aliphatic imine (C=N–C) groups is 1. The molecule has 1 aromatic heterocycles. The van der Waals surface area contributed by atoms with Gasteiger partial charge in [-0.2, -0.15) is 0 Å². The molecule has 0 radical (unpaired) electrons. The average Bonchev–Trinajstić information content (AvgIpc) is 2.85. The molecule has 3 heterocycles. The van der Waals surface area contributed by atoms with Crippen LogP contribution in [0, 0.1) is 0 Å². The van der Waals surface area contributed by atoms with Crippen LogP contribution in [0.2, 0.25) is 0 Å². The van der Waals surface area contributed by atoms with Gasteiger partial charge in [0.2, 0.25) is 0 Å². The van der Waals surface area contributed by atoms with Gasteiger partial charge in [-0.1, -0.05) is 78.8 Å². The predicted octanol–water partition coefficient (Wildman–Crippen LogP) is 8.45. The minimum absolute atomic E-state index is 0.0334. The van der Waals surface area contributed by atoms with Gasteiger partial charge in [-0.3, -0.25) is 4.99 Å². The van der Waals surface area contributed by atoms with Gasteiger partial charge in [-0.05, 0) is 57.7 Å². The summed E-state index contributed by atoms with van der Waals surface area (Å²) in [5.41, 5.74) is 6.13. The molecule has 0 N–H and O–H groups in total. The summed E-state index contributed by atoms with van der Waals surface area (Å²) in [7, 11) is 0. The van der Waals surface area contributed by atoms with Gasteiger partial charge in [0.1, 0.15) is 5.58 Å². The fourth-order valence-electron chi connectivity index (χ4n) is 6.67. The summed E-state index contributed by atoms with van der Waals surface area (Å²) in [5, 5.41) is 3.13. The number of thiol groups is 1. The molecule has 5 heteroatoms. The first kappa shape index (κ1) is 26.2. The Morgan fingerprint density at radius 3 is 2.38 bits per heavy atom. The van der Waals surface area contributed by atoms with Crippen LogP contribution < -0.4 is 10.5 Å². The maximum atomic E-state index is 13.9. The molecule has 4 aromatic rings. The van der Waals surface area contributed by atoms with Crippen LogP contribution in [0.25, 0.3) is 21.7 Å². The van der Waals surface area contributed by atoms with Crippen molar-refractivity contribution in [1.82, 2.24) is 0 Å². The minimum Gasteiger partial charge on any atom is -0.422 e. The maximum Gasteiger partial charge on any atom is 0.345 e. The molecule has 39 heavy (non-hydrogen) atoms. The van der Waals surface area contributed by atoms with E-state index in [1.165, 1.54) is 16.8 Å². The summed E-state index contributed by atoms with van der Waals surface area (Å²) in [5.74, 6) is 0. The van der Waals surface area contributed by atoms with Crippen molar-refractivity contribution in [1.29, 1.82) is 0 Å². The molecule has 2 aliphatic rings. The van der Waals surface area contributed by atoms with E-state index in [4.69, 9.17) is 22.0 Å². The first-order valence-corrected chi connectivity index (χ1v) is 14.4. The average molecular weight is 539 g/mol. The zero-order chi connectivity index (χ0) is 27.9. The van der Waals surface area contributed by atoms with E-state index in [1.54, 1.807) is 6.21 Å². The minimum atomic E-state index is -0.337. The molecule has 2 aliphatic heterocycles. The number of nitrogens with zero attached hydrogens (tertiary/aromatic N) is 2. The Morgan fingerprint density at radius 1 is 0.974 bits per heavy atom.